The molecule has 2 rings (SSSR count). The van der Waals surface area contributed by atoms with E-state index in [4.69, 9.17) is 5.73 Å². The normalized spacial score (nSPS) is 12.2. The minimum Gasteiger partial charge on any atom is -0.508 e. The minimum atomic E-state index is 0.318. The van der Waals surface area contributed by atoms with Crippen molar-refractivity contribution in [2.75, 3.05) is 12.3 Å². The van der Waals surface area contributed by atoms with Crippen molar-refractivity contribution >= 4 is 5.69 Å². The number of nitrogen functional groups attached to an aromatic ring is 1. The number of phenols is 1. The number of anilines is 1. The average Bonchev–Trinajstić information content (AvgIpc) is 2.44. The minimum absolute atomic E-state index is 0.318. The lowest BCUT2D eigenvalue weighted by Gasteiger charge is -2.14. The monoisotopic (exact) mass is 270 g/mol. The molecule has 2 aromatic carbocycles. The molecule has 0 aromatic heterocycles. The standard InChI is InChI=1S/C17H22N2O/c1-13(12-15-2-6-16(18)7-3-15)19-11-10-14-4-8-17(20)9-5-14/h2-9,13,19-20H,10-12,18H2,1H3. The molecule has 0 saturated heterocycles. The maximum Gasteiger partial charge on any atom is 0.115 e. The Bertz CT molecular complexity index is 520. The molecule has 1 atom stereocenters. The molecule has 3 heteroatoms. The summed E-state index contributed by atoms with van der Waals surface area (Å²) in [5.41, 5.74) is 9.01. The van der Waals surface area contributed by atoms with E-state index in [-0.39, 0.29) is 0 Å². The molecule has 106 valence electrons. The van der Waals surface area contributed by atoms with E-state index in [1.165, 1.54) is 11.1 Å². The largest absolute Gasteiger partial charge is 0.508 e. The number of benzene rings is 2. The summed E-state index contributed by atoms with van der Waals surface area (Å²) in [5, 5.41) is 12.7. The van der Waals surface area contributed by atoms with E-state index in [0.717, 1.165) is 25.1 Å². The third-order valence-corrected chi connectivity index (χ3v) is 3.36. The van der Waals surface area contributed by atoms with Gasteiger partial charge >= 0.3 is 0 Å². The van der Waals surface area contributed by atoms with Crippen LogP contribution in [-0.2, 0) is 12.8 Å². The van der Waals surface area contributed by atoms with Crippen molar-refractivity contribution in [1.82, 2.24) is 5.32 Å². The summed E-state index contributed by atoms with van der Waals surface area (Å²) in [4.78, 5) is 0. The molecule has 0 radical (unpaired) electrons. The first kappa shape index (κ1) is 14.4. The number of nitrogens with one attached hydrogen (secondary N) is 1. The zero-order valence-corrected chi connectivity index (χ0v) is 11.8. The molecule has 0 bridgehead atoms. The van der Waals surface area contributed by atoms with Crippen LogP contribution in [-0.4, -0.2) is 17.7 Å². The maximum absolute atomic E-state index is 9.23. The fraction of sp³-hybridized carbons (Fsp3) is 0.294. The number of nitrogens with two attached hydrogens (primary N) is 1. The van der Waals surface area contributed by atoms with Gasteiger partial charge in [0.2, 0.25) is 0 Å². The van der Waals surface area contributed by atoms with Gasteiger partial charge in [-0.25, -0.2) is 0 Å². The predicted molar refractivity (Wildman–Crippen MR) is 83.8 cm³/mol. The topological polar surface area (TPSA) is 58.3 Å². The van der Waals surface area contributed by atoms with E-state index in [0.29, 0.717) is 11.8 Å². The van der Waals surface area contributed by atoms with Gasteiger partial charge in [-0.15, -0.1) is 0 Å². The lowest BCUT2D eigenvalue weighted by atomic mass is 10.1. The molecule has 0 heterocycles. The summed E-state index contributed by atoms with van der Waals surface area (Å²) in [6.45, 7) is 3.12. The molecule has 0 saturated carbocycles. The van der Waals surface area contributed by atoms with Crippen molar-refractivity contribution in [3.8, 4) is 5.75 Å². The zero-order chi connectivity index (χ0) is 14.4. The van der Waals surface area contributed by atoms with Crippen LogP contribution in [0.1, 0.15) is 18.1 Å². The third-order valence-electron chi connectivity index (χ3n) is 3.36. The highest BCUT2D eigenvalue weighted by Crippen LogP contribution is 2.10. The summed E-state index contributed by atoms with van der Waals surface area (Å²) in [5.74, 6) is 0.318. The van der Waals surface area contributed by atoms with Crippen LogP contribution in [0.15, 0.2) is 48.5 Å². The summed E-state index contributed by atoms with van der Waals surface area (Å²) in [6, 6.07) is 15.8. The van der Waals surface area contributed by atoms with Crippen LogP contribution in [0.2, 0.25) is 0 Å². The Morgan fingerprint density at radius 3 is 2.25 bits per heavy atom. The van der Waals surface area contributed by atoms with E-state index in [1.807, 2.05) is 24.3 Å². The fourth-order valence-corrected chi connectivity index (χ4v) is 2.20. The molecular formula is C17H22N2O. The second-order valence-corrected chi connectivity index (χ2v) is 5.22. The Kier molecular flexibility index (Phi) is 5.02. The molecule has 0 fully saturated rings. The Morgan fingerprint density at radius 1 is 1.00 bits per heavy atom. The maximum atomic E-state index is 9.23. The summed E-state index contributed by atoms with van der Waals surface area (Å²) >= 11 is 0. The van der Waals surface area contributed by atoms with Crippen LogP contribution in [0.3, 0.4) is 0 Å². The van der Waals surface area contributed by atoms with Crippen molar-refractivity contribution in [3.63, 3.8) is 0 Å². The number of rotatable bonds is 6. The first-order valence-electron chi connectivity index (χ1n) is 6.99. The fourth-order valence-electron chi connectivity index (χ4n) is 2.20. The summed E-state index contributed by atoms with van der Waals surface area (Å²) in [6.07, 6.45) is 1.96. The lowest BCUT2D eigenvalue weighted by molar-refractivity contribution is 0.475. The molecule has 20 heavy (non-hydrogen) atoms. The van der Waals surface area contributed by atoms with E-state index in [1.54, 1.807) is 12.1 Å². The van der Waals surface area contributed by atoms with Crippen molar-refractivity contribution in [3.05, 3.63) is 59.7 Å². The van der Waals surface area contributed by atoms with Crippen molar-refractivity contribution in [2.24, 2.45) is 0 Å². The molecule has 0 aliphatic rings. The third kappa shape index (κ3) is 4.59. The highest BCUT2D eigenvalue weighted by Gasteiger charge is 2.03. The van der Waals surface area contributed by atoms with Gasteiger partial charge in [0.1, 0.15) is 5.75 Å². The van der Waals surface area contributed by atoms with Crippen molar-refractivity contribution < 1.29 is 5.11 Å². The zero-order valence-electron chi connectivity index (χ0n) is 11.8. The molecule has 0 aliphatic carbocycles. The van der Waals surface area contributed by atoms with E-state index in [2.05, 4.69) is 24.4 Å². The highest BCUT2D eigenvalue weighted by molar-refractivity contribution is 5.39. The Hall–Kier alpha value is -2.00. The highest BCUT2D eigenvalue weighted by atomic mass is 16.3. The first-order valence-corrected chi connectivity index (χ1v) is 6.99. The molecule has 2 aromatic rings. The number of aromatic hydroxyl groups is 1. The van der Waals surface area contributed by atoms with Gasteiger partial charge in [-0.1, -0.05) is 24.3 Å². The summed E-state index contributed by atoms with van der Waals surface area (Å²) in [7, 11) is 0. The Labute approximate surface area is 120 Å². The number of hydrogen-bond acceptors (Lipinski definition) is 3. The van der Waals surface area contributed by atoms with Crippen molar-refractivity contribution in [2.45, 2.75) is 25.8 Å². The number of phenolic OH excluding ortho intramolecular Hbond substituents is 1. The smallest absolute Gasteiger partial charge is 0.115 e. The van der Waals surface area contributed by atoms with Crippen LogP contribution < -0.4 is 11.1 Å². The average molecular weight is 270 g/mol. The van der Waals surface area contributed by atoms with Gasteiger partial charge in [-0.3, -0.25) is 0 Å². The van der Waals surface area contributed by atoms with Gasteiger partial charge in [-0.05, 0) is 61.7 Å². The van der Waals surface area contributed by atoms with Crippen molar-refractivity contribution in [1.29, 1.82) is 0 Å². The lowest BCUT2D eigenvalue weighted by Crippen LogP contribution is -2.29. The predicted octanol–water partition coefficient (Wildman–Crippen LogP) is 2.74. The molecular weight excluding hydrogens is 248 g/mol. The van der Waals surface area contributed by atoms with Crippen LogP contribution in [0.4, 0.5) is 5.69 Å². The van der Waals surface area contributed by atoms with E-state index < -0.39 is 0 Å². The molecule has 1 unspecified atom stereocenters. The van der Waals surface area contributed by atoms with Gasteiger partial charge in [0.25, 0.3) is 0 Å². The molecule has 0 spiro atoms. The van der Waals surface area contributed by atoms with Gasteiger partial charge in [0.15, 0.2) is 0 Å². The Morgan fingerprint density at radius 2 is 1.60 bits per heavy atom. The van der Waals surface area contributed by atoms with Gasteiger partial charge in [0.05, 0.1) is 0 Å². The van der Waals surface area contributed by atoms with Gasteiger partial charge < -0.3 is 16.2 Å². The number of hydrogen-bond donors (Lipinski definition) is 3. The second kappa shape index (κ2) is 6.96. The van der Waals surface area contributed by atoms with Crippen LogP contribution in [0.5, 0.6) is 5.75 Å². The van der Waals surface area contributed by atoms with Crippen LogP contribution in [0, 0.1) is 0 Å². The van der Waals surface area contributed by atoms with Crippen LogP contribution >= 0.6 is 0 Å². The van der Waals surface area contributed by atoms with Gasteiger partial charge in [-0.2, -0.15) is 0 Å². The first-order chi connectivity index (χ1) is 9.63. The molecule has 0 aliphatic heterocycles. The Balaban J connectivity index is 1.73. The van der Waals surface area contributed by atoms with E-state index in [9.17, 15) is 5.11 Å². The quantitative estimate of drug-likeness (QED) is 0.707. The van der Waals surface area contributed by atoms with E-state index >= 15 is 0 Å². The molecule has 0 amide bonds. The summed E-state index contributed by atoms with van der Waals surface area (Å²) < 4.78 is 0. The van der Waals surface area contributed by atoms with Crippen LogP contribution in [0.25, 0.3) is 0 Å². The molecule has 4 N–H and O–H groups in total. The second-order valence-electron chi connectivity index (χ2n) is 5.22. The van der Waals surface area contributed by atoms with Gasteiger partial charge in [0, 0.05) is 11.7 Å². The molecule has 3 nitrogen and oxygen atoms in total. The SMILES string of the molecule is CC(Cc1ccc(N)cc1)NCCc1ccc(O)cc1.